The zero-order chi connectivity index (χ0) is 16.0. The third-order valence-corrected chi connectivity index (χ3v) is 4.51. The molecule has 122 valence electrons. The lowest BCUT2D eigenvalue weighted by molar-refractivity contribution is -0.140. The smallest absolute Gasteiger partial charge is 0.305 e. The van der Waals surface area contributed by atoms with Gasteiger partial charge in [-0.05, 0) is 44.4 Å². The van der Waals surface area contributed by atoms with E-state index in [2.05, 4.69) is 19.2 Å². The van der Waals surface area contributed by atoms with Crippen molar-refractivity contribution >= 4 is 11.9 Å². The first-order chi connectivity index (χ1) is 9.77. The minimum Gasteiger partial charge on any atom is -0.481 e. The van der Waals surface area contributed by atoms with Crippen LogP contribution in [0.1, 0.15) is 52.9 Å². The zero-order valence-electron chi connectivity index (χ0n) is 13.6. The van der Waals surface area contributed by atoms with Gasteiger partial charge >= 0.3 is 5.97 Å². The Balaban J connectivity index is 2.56. The van der Waals surface area contributed by atoms with Crippen LogP contribution in [0.5, 0.6) is 0 Å². The van der Waals surface area contributed by atoms with Crippen LogP contribution in [0.2, 0.25) is 0 Å². The number of carbonyl (C=O) groups excluding carboxylic acids is 1. The highest BCUT2D eigenvalue weighted by molar-refractivity contribution is 5.80. The fourth-order valence-corrected chi connectivity index (χ4v) is 3.23. The summed E-state index contributed by atoms with van der Waals surface area (Å²) in [6.45, 7) is 6.38. The number of methoxy groups -OCH3 is 1. The molecule has 1 aliphatic rings. The molecule has 0 bridgehead atoms. The highest BCUT2D eigenvalue weighted by atomic mass is 16.5. The van der Waals surface area contributed by atoms with Crippen molar-refractivity contribution in [1.29, 1.82) is 0 Å². The Hall–Kier alpha value is -1.10. The van der Waals surface area contributed by atoms with Gasteiger partial charge in [-0.1, -0.05) is 13.8 Å². The second kappa shape index (κ2) is 7.78. The van der Waals surface area contributed by atoms with E-state index in [1.807, 2.05) is 0 Å². The third-order valence-electron chi connectivity index (χ3n) is 4.51. The summed E-state index contributed by atoms with van der Waals surface area (Å²) in [5, 5.41) is 11.9. The molecule has 1 fully saturated rings. The molecule has 2 N–H and O–H groups in total. The van der Waals surface area contributed by atoms with E-state index in [0.717, 1.165) is 25.7 Å². The van der Waals surface area contributed by atoms with Gasteiger partial charge in [-0.25, -0.2) is 0 Å². The number of rotatable bonds is 7. The lowest BCUT2D eigenvalue weighted by Crippen LogP contribution is -2.52. The number of nitrogens with one attached hydrogen (secondary N) is 1. The maximum absolute atomic E-state index is 12.4. The lowest BCUT2D eigenvalue weighted by Gasteiger charge is -2.34. The molecule has 0 aliphatic heterocycles. The Morgan fingerprint density at radius 2 is 1.86 bits per heavy atom. The average molecular weight is 299 g/mol. The molecule has 0 aromatic heterocycles. The topological polar surface area (TPSA) is 75.6 Å². The Kier molecular flexibility index (Phi) is 6.65. The first-order valence-electron chi connectivity index (χ1n) is 7.80. The molecule has 1 rings (SSSR count). The summed E-state index contributed by atoms with van der Waals surface area (Å²) in [6, 6.07) is 0. The summed E-state index contributed by atoms with van der Waals surface area (Å²) in [5.41, 5.74) is -0.841. The first kappa shape index (κ1) is 18.0. The van der Waals surface area contributed by atoms with E-state index in [-0.39, 0.29) is 24.9 Å². The molecule has 5 heteroatoms. The zero-order valence-corrected chi connectivity index (χ0v) is 13.6. The fraction of sp³-hybridized carbons (Fsp3) is 0.875. The Bertz CT molecular complexity index is 361. The minimum absolute atomic E-state index is 0.00461. The van der Waals surface area contributed by atoms with Gasteiger partial charge in [0, 0.05) is 13.0 Å². The van der Waals surface area contributed by atoms with Crippen molar-refractivity contribution in [3.63, 3.8) is 0 Å². The van der Waals surface area contributed by atoms with E-state index < -0.39 is 11.5 Å². The van der Waals surface area contributed by atoms with E-state index in [4.69, 9.17) is 9.84 Å². The van der Waals surface area contributed by atoms with Crippen molar-refractivity contribution < 1.29 is 19.4 Å². The monoisotopic (exact) mass is 299 g/mol. The van der Waals surface area contributed by atoms with Crippen molar-refractivity contribution in [2.24, 2.45) is 17.8 Å². The van der Waals surface area contributed by atoms with Gasteiger partial charge in [0.05, 0.1) is 18.6 Å². The second-order valence-corrected chi connectivity index (χ2v) is 6.91. The fourth-order valence-electron chi connectivity index (χ4n) is 3.23. The number of aliphatic carboxylic acids is 1. The summed E-state index contributed by atoms with van der Waals surface area (Å²) in [6.07, 6.45) is 3.81. The van der Waals surface area contributed by atoms with Crippen molar-refractivity contribution in [3.8, 4) is 0 Å². The largest absolute Gasteiger partial charge is 0.481 e. The molecule has 1 atom stereocenters. The van der Waals surface area contributed by atoms with Gasteiger partial charge < -0.3 is 15.2 Å². The number of ether oxygens (including phenoxy) is 1. The van der Waals surface area contributed by atoms with E-state index >= 15 is 0 Å². The van der Waals surface area contributed by atoms with Gasteiger partial charge in [-0.15, -0.1) is 0 Å². The lowest BCUT2D eigenvalue weighted by atomic mass is 9.76. The van der Waals surface area contributed by atoms with Crippen molar-refractivity contribution in [3.05, 3.63) is 0 Å². The summed E-state index contributed by atoms with van der Waals surface area (Å²) in [5.74, 6) is 0.416. The van der Waals surface area contributed by atoms with Gasteiger partial charge in [0.15, 0.2) is 0 Å². The van der Waals surface area contributed by atoms with E-state index in [9.17, 15) is 9.59 Å². The van der Waals surface area contributed by atoms with Crippen LogP contribution in [0.4, 0.5) is 0 Å². The number of amides is 1. The van der Waals surface area contributed by atoms with Crippen LogP contribution in [0.3, 0.4) is 0 Å². The average Bonchev–Trinajstić information content (AvgIpc) is 2.37. The molecule has 0 saturated heterocycles. The van der Waals surface area contributed by atoms with Crippen LogP contribution in [-0.4, -0.2) is 36.2 Å². The molecule has 0 aromatic carbocycles. The van der Waals surface area contributed by atoms with E-state index in [0.29, 0.717) is 11.8 Å². The third kappa shape index (κ3) is 5.65. The molecule has 1 unspecified atom stereocenters. The summed E-state index contributed by atoms with van der Waals surface area (Å²) < 4.78 is 5.07. The molecule has 5 nitrogen and oxygen atoms in total. The molecular formula is C16H29NO4. The second-order valence-electron chi connectivity index (χ2n) is 6.91. The number of carboxylic acid groups (broad SMARTS) is 1. The molecule has 1 aliphatic carbocycles. The Morgan fingerprint density at radius 1 is 1.29 bits per heavy atom. The van der Waals surface area contributed by atoms with Crippen molar-refractivity contribution in [2.75, 3.05) is 13.7 Å². The predicted octanol–water partition coefficient (Wildman–Crippen LogP) is 2.44. The number of hydrogen-bond donors (Lipinski definition) is 2. The van der Waals surface area contributed by atoms with Gasteiger partial charge in [-0.2, -0.15) is 0 Å². The Labute approximate surface area is 127 Å². The summed E-state index contributed by atoms with van der Waals surface area (Å²) in [7, 11) is 1.51. The maximum atomic E-state index is 12.4. The first-order valence-corrected chi connectivity index (χ1v) is 7.80. The van der Waals surface area contributed by atoms with Gasteiger partial charge in [0.2, 0.25) is 5.91 Å². The molecule has 21 heavy (non-hydrogen) atoms. The molecule has 0 aromatic rings. The number of carboxylic acids is 1. The Morgan fingerprint density at radius 3 is 2.29 bits per heavy atom. The SMILES string of the molecule is COCC(C)(CC(=O)O)NC(=O)C1CCC(C(C)C)CC1. The number of hydrogen-bond acceptors (Lipinski definition) is 3. The molecule has 0 spiro atoms. The van der Waals surface area contributed by atoms with Gasteiger partial charge in [0.1, 0.15) is 0 Å². The van der Waals surface area contributed by atoms with E-state index in [1.54, 1.807) is 6.92 Å². The quantitative estimate of drug-likeness (QED) is 0.757. The van der Waals surface area contributed by atoms with Crippen LogP contribution in [0, 0.1) is 17.8 Å². The van der Waals surface area contributed by atoms with Crippen LogP contribution in [-0.2, 0) is 14.3 Å². The highest BCUT2D eigenvalue weighted by Crippen LogP contribution is 2.33. The number of carbonyl (C=O) groups is 2. The van der Waals surface area contributed by atoms with Crippen LogP contribution in [0.15, 0.2) is 0 Å². The molecular weight excluding hydrogens is 270 g/mol. The van der Waals surface area contributed by atoms with Crippen molar-refractivity contribution in [2.45, 2.75) is 58.4 Å². The minimum atomic E-state index is -0.932. The predicted molar refractivity (Wildman–Crippen MR) is 81.0 cm³/mol. The van der Waals surface area contributed by atoms with Gasteiger partial charge in [-0.3, -0.25) is 9.59 Å². The molecule has 1 amide bonds. The molecule has 0 radical (unpaired) electrons. The van der Waals surface area contributed by atoms with E-state index in [1.165, 1.54) is 7.11 Å². The summed E-state index contributed by atoms with van der Waals surface area (Å²) >= 11 is 0. The van der Waals surface area contributed by atoms with Crippen LogP contribution in [0.25, 0.3) is 0 Å². The van der Waals surface area contributed by atoms with Crippen LogP contribution >= 0.6 is 0 Å². The van der Waals surface area contributed by atoms with Gasteiger partial charge in [0.25, 0.3) is 0 Å². The standard InChI is InChI=1S/C16H29NO4/c1-11(2)12-5-7-13(8-6-12)15(20)17-16(3,10-21-4)9-14(18)19/h11-13H,5-10H2,1-4H3,(H,17,20)(H,18,19). The molecule has 0 heterocycles. The highest BCUT2D eigenvalue weighted by Gasteiger charge is 2.34. The molecule has 1 saturated carbocycles. The normalized spacial score (nSPS) is 25.4. The van der Waals surface area contributed by atoms with Crippen molar-refractivity contribution in [1.82, 2.24) is 5.32 Å². The summed E-state index contributed by atoms with van der Waals surface area (Å²) in [4.78, 5) is 23.3. The maximum Gasteiger partial charge on any atom is 0.305 e. The van der Waals surface area contributed by atoms with Crippen LogP contribution < -0.4 is 5.32 Å².